The molecule has 168 valence electrons. The number of nitrogens with zero attached hydrogens (tertiary/aromatic N) is 3. The monoisotopic (exact) mass is 444 g/mol. The van der Waals surface area contributed by atoms with Crippen LogP contribution in [0, 0.1) is 0 Å². The molecule has 2 aromatic heterocycles. The number of imidazole rings is 1. The summed E-state index contributed by atoms with van der Waals surface area (Å²) in [7, 11) is 14.8. The summed E-state index contributed by atoms with van der Waals surface area (Å²) in [4.78, 5) is 17.3. The van der Waals surface area contributed by atoms with E-state index in [1.807, 2.05) is 0 Å². The van der Waals surface area contributed by atoms with Crippen LogP contribution in [0.5, 0.6) is 0 Å². The maximum absolute atomic E-state index is 12.9. The van der Waals surface area contributed by atoms with E-state index in [2.05, 4.69) is 31.3 Å². The van der Waals surface area contributed by atoms with Gasteiger partial charge in [-0.2, -0.15) is 0 Å². The fourth-order valence-corrected chi connectivity index (χ4v) is 4.03. The van der Waals surface area contributed by atoms with E-state index in [1.54, 1.807) is 32.3 Å². The third-order valence-corrected chi connectivity index (χ3v) is 5.83. The predicted octanol–water partition coefficient (Wildman–Crippen LogP) is 1.25. The van der Waals surface area contributed by atoms with E-state index in [1.165, 1.54) is 10.7 Å². The van der Waals surface area contributed by atoms with E-state index in [4.69, 9.17) is 21.4 Å². The second kappa shape index (κ2) is 8.86. The average molecular weight is 444 g/mol. The van der Waals surface area contributed by atoms with Crippen molar-refractivity contribution in [3.8, 4) is 0 Å². The number of amides is 1. The van der Waals surface area contributed by atoms with Crippen LogP contribution < -0.4 is 27.0 Å². The van der Waals surface area contributed by atoms with Crippen LogP contribution in [-0.2, 0) is 5.40 Å². The van der Waals surface area contributed by atoms with Crippen molar-refractivity contribution >= 4 is 55.8 Å². The van der Waals surface area contributed by atoms with Crippen LogP contribution in [0.2, 0.25) is 0 Å². The largest absolute Gasteiger partial charge is 0.405 e. The van der Waals surface area contributed by atoms with E-state index in [9.17, 15) is 9.90 Å². The molecule has 7 N–H and O–H groups in total. The smallest absolute Gasteiger partial charge is 0.271 e. The van der Waals surface area contributed by atoms with Crippen molar-refractivity contribution in [1.29, 1.82) is 0 Å². The zero-order valence-electron chi connectivity index (χ0n) is 18.6. The summed E-state index contributed by atoms with van der Waals surface area (Å²) in [5.74, 6) is 0.166. The second-order valence-electron chi connectivity index (χ2n) is 8.21. The molecule has 4 rings (SSSR count). The number of hydrogen-bond acceptors (Lipinski definition) is 8. The zero-order valence-corrected chi connectivity index (χ0v) is 18.6. The lowest BCUT2D eigenvalue weighted by Gasteiger charge is -2.23. The van der Waals surface area contributed by atoms with Crippen LogP contribution in [0.15, 0.2) is 24.4 Å². The highest BCUT2D eigenvalue weighted by molar-refractivity contribution is 6.38. The molecule has 1 amide bonds. The quantitative estimate of drug-likeness (QED) is 0.236. The molecule has 0 bridgehead atoms. The highest BCUT2D eigenvalue weighted by atomic mass is 16.3. The molecule has 10 nitrogen and oxygen atoms in total. The third kappa shape index (κ3) is 4.56. The molecule has 1 aromatic carbocycles. The van der Waals surface area contributed by atoms with Gasteiger partial charge >= 0.3 is 0 Å². The molecule has 0 saturated heterocycles. The first kappa shape index (κ1) is 22.8. The second-order valence-corrected chi connectivity index (χ2v) is 8.21. The van der Waals surface area contributed by atoms with Gasteiger partial charge < -0.3 is 32.1 Å². The lowest BCUT2D eigenvalue weighted by atomic mass is 9.61. The van der Waals surface area contributed by atoms with Crippen molar-refractivity contribution in [1.82, 2.24) is 19.9 Å². The lowest BCUT2D eigenvalue weighted by Crippen LogP contribution is -2.33. The van der Waals surface area contributed by atoms with Crippen LogP contribution in [0.25, 0.3) is 5.65 Å². The minimum absolute atomic E-state index is 0.168. The number of carbonyl (C=O) groups excluding carboxylic acids is 1. The molecule has 0 atom stereocenters. The molecule has 4 radical (unpaired) electrons. The Kier molecular flexibility index (Phi) is 6.11. The molecular formula is C21H26B2N8O2. The Morgan fingerprint density at radius 3 is 2.45 bits per heavy atom. The van der Waals surface area contributed by atoms with Crippen molar-refractivity contribution in [3.05, 3.63) is 35.7 Å². The number of nitrogen functional groups attached to an aromatic ring is 1. The normalized spacial score (nSPS) is 14.4. The number of nitrogens with two attached hydrogens (primary N) is 1. The first-order chi connectivity index (χ1) is 15.7. The Bertz CT molecular complexity index is 1190. The molecule has 3 aromatic rings. The van der Waals surface area contributed by atoms with Gasteiger partial charge in [-0.1, -0.05) is 12.8 Å². The number of nitrogens with one attached hydrogen (secondary N) is 4. The van der Waals surface area contributed by atoms with Gasteiger partial charge in [0.15, 0.2) is 17.2 Å². The maximum Gasteiger partial charge on any atom is 0.271 e. The summed E-state index contributed by atoms with van der Waals surface area (Å²) >= 11 is 0. The van der Waals surface area contributed by atoms with Crippen LogP contribution in [0.4, 0.5) is 28.6 Å². The van der Waals surface area contributed by atoms with E-state index >= 15 is 0 Å². The molecule has 0 unspecified atom stereocenters. The number of hydrogen-bond donors (Lipinski definition) is 6. The average Bonchev–Trinajstić information content (AvgIpc) is 3.43. The molecule has 0 spiro atoms. The Morgan fingerprint density at radius 2 is 1.82 bits per heavy atom. The number of rotatable bonds is 7. The van der Waals surface area contributed by atoms with Crippen LogP contribution in [0.1, 0.15) is 41.7 Å². The Labute approximate surface area is 194 Å². The molecule has 2 heterocycles. The van der Waals surface area contributed by atoms with Crippen LogP contribution >= 0.6 is 0 Å². The summed E-state index contributed by atoms with van der Waals surface area (Å²) in [6.45, 7) is 0. The maximum atomic E-state index is 12.9. The first-order valence-electron chi connectivity index (χ1n) is 10.8. The molecule has 12 heteroatoms. The summed E-state index contributed by atoms with van der Waals surface area (Å²) in [5.41, 5.74) is 9.35. The number of benzene rings is 1. The summed E-state index contributed by atoms with van der Waals surface area (Å²) < 4.78 is 1.49. The van der Waals surface area contributed by atoms with Crippen molar-refractivity contribution < 1.29 is 9.90 Å². The summed E-state index contributed by atoms with van der Waals surface area (Å²) in [6, 6.07) is 5.02. The minimum atomic E-state index is -2.06. The Hall–Kier alpha value is -3.40. The lowest BCUT2D eigenvalue weighted by molar-refractivity contribution is 0.0931. The number of carbonyl (C=O) groups is 1. The van der Waals surface area contributed by atoms with Crippen LogP contribution in [0.3, 0.4) is 0 Å². The van der Waals surface area contributed by atoms with Crippen molar-refractivity contribution in [3.63, 3.8) is 0 Å². The molecular weight excluding hydrogens is 418 g/mol. The van der Waals surface area contributed by atoms with Gasteiger partial charge in [-0.3, -0.25) is 4.79 Å². The molecule has 1 fully saturated rings. The molecule has 1 saturated carbocycles. The highest BCUT2D eigenvalue weighted by Crippen LogP contribution is 2.34. The van der Waals surface area contributed by atoms with Gasteiger partial charge in [0.25, 0.3) is 5.91 Å². The minimum Gasteiger partial charge on any atom is -0.405 e. The highest BCUT2D eigenvalue weighted by Gasteiger charge is 2.23. The summed E-state index contributed by atoms with van der Waals surface area (Å²) in [5, 5.41) is 24.8. The number of aliphatic hydroxyl groups is 1. The number of fused-ring (bicyclic) bond motifs is 1. The zero-order chi connectivity index (χ0) is 23.8. The first-order valence-corrected chi connectivity index (χ1v) is 10.8. The fraction of sp³-hybridized carbons (Fsp3) is 0.381. The SMILES string of the molecule is [B]C([B])(O)c1cc(NC)c(N)c(Nc2cc(NC)c3ncc(C(=O)NC4CCCC4)n3n2)c1. The number of aromatic nitrogens is 3. The standard InChI is InChI=1S/C21H26B2N8O2/c1-25-13-7-11(21(22,23)33)8-14(18(13)24)29-17-9-15(26-2)19-27-10-16(31(19)30-17)20(32)28-12-5-3-4-6-12/h7-10,12,25-26,33H,3-6,24H2,1-2H3,(H,28,32)(H,29,30). The van der Waals surface area contributed by atoms with Gasteiger partial charge in [0.2, 0.25) is 0 Å². The van der Waals surface area contributed by atoms with E-state index < -0.39 is 5.40 Å². The topological polar surface area (TPSA) is 142 Å². The fourth-order valence-electron chi connectivity index (χ4n) is 4.03. The predicted molar refractivity (Wildman–Crippen MR) is 131 cm³/mol. The van der Waals surface area contributed by atoms with E-state index in [-0.39, 0.29) is 17.5 Å². The number of anilines is 5. The Morgan fingerprint density at radius 1 is 1.15 bits per heavy atom. The van der Waals surface area contributed by atoms with Gasteiger partial charge in [0.1, 0.15) is 15.7 Å². The molecule has 33 heavy (non-hydrogen) atoms. The molecule has 1 aliphatic rings. The van der Waals surface area contributed by atoms with E-state index in [0.717, 1.165) is 25.7 Å². The van der Waals surface area contributed by atoms with Gasteiger partial charge in [-0.15, -0.1) is 5.10 Å². The van der Waals surface area contributed by atoms with Crippen molar-refractivity contribution in [2.24, 2.45) is 0 Å². The molecule has 0 aliphatic heterocycles. The van der Waals surface area contributed by atoms with Crippen molar-refractivity contribution in [2.75, 3.05) is 35.8 Å². The van der Waals surface area contributed by atoms with Crippen LogP contribution in [-0.4, -0.2) is 61.4 Å². The van der Waals surface area contributed by atoms with Gasteiger partial charge in [0.05, 0.1) is 28.9 Å². The van der Waals surface area contributed by atoms with Gasteiger partial charge in [-0.05, 0) is 30.5 Å². The van der Waals surface area contributed by atoms with Crippen molar-refractivity contribution in [2.45, 2.75) is 37.1 Å². The van der Waals surface area contributed by atoms with Gasteiger partial charge in [0, 0.05) is 31.6 Å². The summed E-state index contributed by atoms with van der Waals surface area (Å²) in [6.07, 6.45) is 5.69. The molecule has 1 aliphatic carbocycles. The Balaban J connectivity index is 1.73. The van der Waals surface area contributed by atoms with Gasteiger partial charge in [-0.25, -0.2) is 9.50 Å². The third-order valence-electron chi connectivity index (χ3n) is 5.83. The van der Waals surface area contributed by atoms with E-state index in [0.29, 0.717) is 39.9 Å².